The average molecular weight is 210 g/mol. The van der Waals surface area contributed by atoms with Gasteiger partial charge in [-0.25, -0.2) is 0 Å². The predicted octanol–water partition coefficient (Wildman–Crippen LogP) is 1.60. The van der Waals surface area contributed by atoms with Gasteiger partial charge in [-0.15, -0.1) is 6.42 Å². The minimum Gasteiger partial charge on any atom is -0.341 e. The highest BCUT2D eigenvalue weighted by Gasteiger charge is 2.04. The number of pyridine rings is 1. The summed E-state index contributed by atoms with van der Waals surface area (Å²) in [5.74, 6) is 2.20. The molecule has 0 bridgehead atoms. The largest absolute Gasteiger partial charge is 0.341 e. The maximum Gasteiger partial charge on any atom is 0.252 e. The van der Waals surface area contributed by atoms with Crippen molar-refractivity contribution in [1.82, 2.24) is 10.3 Å². The van der Waals surface area contributed by atoms with Crippen molar-refractivity contribution in [3.05, 3.63) is 42.1 Å². The molecule has 0 radical (unpaired) electrons. The first-order valence-electron chi connectivity index (χ1n) is 4.88. The van der Waals surface area contributed by atoms with Gasteiger partial charge in [0.25, 0.3) is 5.91 Å². The number of benzene rings is 1. The molecule has 0 atom stereocenters. The van der Waals surface area contributed by atoms with Gasteiger partial charge < -0.3 is 5.32 Å². The lowest BCUT2D eigenvalue weighted by Gasteiger charge is -2.02. The van der Waals surface area contributed by atoms with Gasteiger partial charge in [0.05, 0.1) is 12.1 Å². The second kappa shape index (κ2) is 4.45. The molecule has 0 aliphatic rings. The Morgan fingerprint density at radius 2 is 2.31 bits per heavy atom. The van der Waals surface area contributed by atoms with Gasteiger partial charge in [-0.1, -0.05) is 12.0 Å². The van der Waals surface area contributed by atoms with Gasteiger partial charge in [-0.2, -0.15) is 0 Å². The molecule has 3 heteroatoms. The van der Waals surface area contributed by atoms with Crippen LogP contribution in [0.4, 0.5) is 0 Å². The van der Waals surface area contributed by atoms with Gasteiger partial charge in [0.2, 0.25) is 0 Å². The van der Waals surface area contributed by atoms with Crippen molar-refractivity contribution < 1.29 is 4.79 Å². The SMILES string of the molecule is C#CCNC(=O)c1ccc2ncccc2c1. The van der Waals surface area contributed by atoms with Crippen LogP contribution in [0.15, 0.2) is 36.5 Å². The molecule has 0 unspecified atom stereocenters. The van der Waals surface area contributed by atoms with Crippen LogP contribution in [0.5, 0.6) is 0 Å². The first-order chi connectivity index (χ1) is 7.81. The fraction of sp³-hybridized carbons (Fsp3) is 0.0769. The van der Waals surface area contributed by atoms with Crippen molar-refractivity contribution in [1.29, 1.82) is 0 Å². The van der Waals surface area contributed by atoms with Crippen LogP contribution in [0.1, 0.15) is 10.4 Å². The summed E-state index contributed by atoms with van der Waals surface area (Å²) >= 11 is 0. The minimum absolute atomic E-state index is 0.163. The van der Waals surface area contributed by atoms with E-state index in [1.165, 1.54) is 0 Å². The van der Waals surface area contributed by atoms with Gasteiger partial charge in [0.15, 0.2) is 0 Å². The van der Waals surface area contributed by atoms with Gasteiger partial charge >= 0.3 is 0 Å². The molecule has 1 heterocycles. The van der Waals surface area contributed by atoms with Crippen molar-refractivity contribution >= 4 is 16.8 Å². The normalized spacial score (nSPS) is 9.69. The number of hydrogen-bond donors (Lipinski definition) is 1. The molecular weight excluding hydrogens is 200 g/mol. The average Bonchev–Trinajstić information content (AvgIpc) is 2.35. The molecule has 0 aliphatic carbocycles. The molecule has 3 nitrogen and oxygen atoms in total. The quantitative estimate of drug-likeness (QED) is 0.765. The number of fused-ring (bicyclic) bond motifs is 1. The molecule has 0 aliphatic heterocycles. The molecule has 1 amide bonds. The van der Waals surface area contributed by atoms with Crippen LogP contribution in [0.3, 0.4) is 0 Å². The Labute approximate surface area is 93.5 Å². The van der Waals surface area contributed by atoms with Crippen LogP contribution in [0.25, 0.3) is 10.9 Å². The lowest BCUT2D eigenvalue weighted by molar-refractivity contribution is 0.0959. The van der Waals surface area contributed by atoms with Crippen LogP contribution in [0, 0.1) is 12.3 Å². The summed E-state index contributed by atoms with van der Waals surface area (Å²) < 4.78 is 0. The Kier molecular flexibility index (Phi) is 2.84. The van der Waals surface area contributed by atoms with E-state index in [-0.39, 0.29) is 12.5 Å². The van der Waals surface area contributed by atoms with Crippen LogP contribution >= 0.6 is 0 Å². The Bertz CT molecular complexity index is 569. The smallest absolute Gasteiger partial charge is 0.252 e. The summed E-state index contributed by atoms with van der Waals surface area (Å²) in [4.78, 5) is 15.8. The maximum absolute atomic E-state index is 11.6. The number of hydrogen-bond acceptors (Lipinski definition) is 2. The van der Waals surface area contributed by atoms with Gasteiger partial charge in [-0.05, 0) is 24.3 Å². The zero-order valence-corrected chi connectivity index (χ0v) is 8.60. The van der Waals surface area contributed by atoms with E-state index in [4.69, 9.17) is 6.42 Å². The molecule has 0 spiro atoms. The van der Waals surface area contributed by atoms with Crippen molar-refractivity contribution in [2.45, 2.75) is 0 Å². The number of carbonyl (C=O) groups is 1. The van der Waals surface area contributed by atoms with Crippen LogP contribution < -0.4 is 5.32 Å². The lowest BCUT2D eigenvalue weighted by Crippen LogP contribution is -2.23. The van der Waals surface area contributed by atoms with E-state index in [9.17, 15) is 4.79 Å². The number of nitrogens with zero attached hydrogens (tertiary/aromatic N) is 1. The second-order valence-corrected chi connectivity index (χ2v) is 3.30. The molecule has 16 heavy (non-hydrogen) atoms. The summed E-state index contributed by atoms with van der Waals surface area (Å²) in [6.07, 6.45) is 6.79. The Balaban J connectivity index is 2.33. The maximum atomic E-state index is 11.6. The molecule has 2 aromatic rings. The fourth-order valence-electron chi connectivity index (χ4n) is 1.45. The Morgan fingerprint density at radius 3 is 3.12 bits per heavy atom. The number of carbonyl (C=O) groups excluding carboxylic acids is 1. The highest BCUT2D eigenvalue weighted by atomic mass is 16.1. The lowest BCUT2D eigenvalue weighted by atomic mass is 10.1. The van der Waals surface area contributed by atoms with E-state index < -0.39 is 0 Å². The van der Waals surface area contributed by atoms with Crippen LogP contribution in [0.2, 0.25) is 0 Å². The molecule has 78 valence electrons. The summed E-state index contributed by atoms with van der Waals surface area (Å²) in [6, 6.07) is 9.11. The first-order valence-corrected chi connectivity index (χ1v) is 4.88. The van der Waals surface area contributed by atoms with Crippen molar-refractivity contribution in [2.24, 2.45) is 0 Å². The summed E-state index contributed by atoms with van der Waals surface area (Å²) in [6.45, 7) is 0.240. The third-order valence-electron chi connectivity index (χ3n) is 2.22. The number of aromatic nitrogens is 1. The number of terminal acetylenes is 1. The van der Waals surface area contributed by atoms with E-state index in [2.05, 4.69) is 16.2 Å². The zero-order chi connectivity index (χ0) is 11.4. The topological polar surface area (TPSA) is 42.0 Å². The van der Waals surface area contributed by atoms with Gasteiger partial charge in [0.1, 0.15) is 0 Å². The first kappa shape index (κ1) is 10.2. The summed E-state index contributed by atoms with van der Waals surface area (Å²) in [7, 11) is 0. The van der Waals surface area contributed by atoms with E-state index in [1.54, 1.807) is 18.3 Å². The number of nitrogens with one attached hydrogen (secondary N) is 1. The van der Waals surface area contributed by atoms with E-state index in [0.29, 0.717) is 5.56 Å². The Morgan fingerprint density at radius 1 is 1.44 bits per heavy atom. The third kappa shape index (κ3) is 2.01. The molecular formula is C13H10N2O. The van der Waals surface area contributed by atoms with E-state index in [0.717, 1.165) is 10.9 Å². The highest BCUT2D eigenvalue weighted by molar-refractivity contribution is 5.97. The number of rotatable bonds is 2. The van der Waals surface area contributed by atoms with Crippen molar-refractivity contribution in [2.75, 3.05) is 6.54 Å². The fourth-order valence-corrected chi connectivity index (χ4v) is 1.45. The molecule has 0 saturated carbocycles. The van der Waals surface area contributed by atoms with Crippen molar-refractivity contribution in [3.63, 3.8) is 0 Å². The zero-order valence-electron chi connectivity index (χ0n) is 8.60. The molecule has 1 aromatic heterocycles. The highest BCUT2D eigenvalue weighted by Crippen LogP contribution is 2.12. The van der Waals surface area contributed by atoms with E-state index in [1.807, 2.05) is 18.2 Å². The molecule has 1 N–H and O–H groups in total. The van der Waals surface area contributed by atoms with Crippen LogP contribution in [-0.4, -0.2) is 17.4 Å². The van der Waals surface area contributed by atoms with Gasteiger partial charge in [-0.3, -0.25) is 9.78 Å². The molecule has 0 fully saturated rings. The number of amides is 1. The summed E-state index contributed by atoms with van der Waals surface area (Å²) in [5, 5.41) is 3.56. The second-order valence-electron chi connectivity index (χ2n) is 3.30. The monoisotopic (exact) mass is 210 g/mol. The molecule has 2 rings (SSSR count). The van der Waals surface area contributed by atoms with Crippen molar-refractivity contribution in [3.8, 4) is 12.3 Å². The van der Waals surface area contributed by atoms with E-state index >= 15 is 0 Å². The minimum atomic E-state index is -0.163. The standard InChI is InChI=1S/C13H10N2O/c1-2-7-15-13(16)11-5-6-12-10(9-11)4-3-8-14-12/h1,3-6,8-9H,7H2,(H,15,16). The molecule has 1 aromatic carbocycles. The van der Waals surface area contributed by atoms with Gasteiger partial charge in [0, 0.05) is 17.1 Å². The third-order valence-corrected chi connectivity index (χ3v) is 2.22. The molecule has 0 saturated heterocycles. The summed E-state index contributed by atoms with van der Waals surface area (Å²) in [5.41, 5.74) is 1.46. The predicted molar refractivity (Wildman–Crippen MR) is 62.9 cm³/mol. The Hall–Kier alpha value is -2.34. The van der Waals surface area contributed by atoms with Crippen LogP contribution in [-0.2, 0) is 0 Å².